The average molecular weight is 404 g/mol. The van der Waals surface area contributed by atoms with Crippen molar-refractivity contribution in [3.8, 4) is 0 Å². The van der Waals surface area contributed by atoms with Crippen LogP contribution in [0.25, 0.3) is 0 Å². The second kappa shape index (κ2) is 7.49. The van der Waals surface area contributed by atoms with Crippen molar-refractivity contribution in [3.05, 3.63) is 65.7 Å². The van der Waals surface area contributed by atoms with Crippen molar-refractivity contribution in [1.82, 2.24) is 4.31 Å². The van der Waals surface area contributed by atoms with Crippen LogP contribution in [0, 0.1) is 6.92 Å². The minimum absolute atomic E-state index is 0.0254. The Hall–Kier alpha value is -1.50. The summed E-state index contributed by atoms with van der Waals surface area (Å²) in [5.41, 5.74) is 2.03. The zero-order valence-corrected chi connectivity index (χ0v) is 17.1. The third kappa shape index (κ3) is 3.28. The molecule has 27 heavy (non-hydrogen) atoms. The summed E-state index contributed by atoms with van der Waals surface area (Å²) in [4.78, 5) is 0.577. The van der Waals surface area contributed by atoms with Gasteiger partial charge in [0, 0.05) is 10.9 Å². The predicted molar refractivity (Wildman–Crippen MR) is 108 cm³/mol. The molecule has 2 aliphatic rings. The number of hydrogen-bond donors (Lipinski definition) is 0. The fourth-order valence-electron chi connectivity index (χ4n) is 4.39. The molecule has 4 rings (SSSR count). The van der Waals surface area contributed by atoms with Crippen LogP contribution in [0.15, 0.2) is 59.5 Å². The number of benzene rings is 2. The lowest BCUT2D eigenvalue weighted by Crippen LogP contribution is -2.63. The lowest BCUT2D eigenvalue weighted by molar-refractivity contribution is 0.174. The van der Waals surface area contributed by atoms with Crippen LogP contribution in [0.5, 0.6) is 0 Å². The molecule has 2 aromatic rings. The second-order valence-corrected chi connectivity index (χ2v) is 11.3. The lowest BCUT2D eigenvalue weighted by atomic mass is 9.93. The number of aryl methyl sites for hydroxylation is 1. The van der Waals surface area contributed by atoms with Gasteiger partial charge in [-0.1, -0.05) is 61.7 Å². The lowest BCUT2D eigenvalue weighted by Gasteiger charge is -2.51. The molecule has 1 aliphatic heterocycles. The van der Waals surface area contributed by atoms with Gasteiger partial charge in [-0.2, -0.15) is 4.31 Å². The van der Waals surface area contributed by atoms with Crippen LogP contribution >= 0.6 is 0 Å². The van der Waals surface area contributed by atoms with Gasteiger partial charge in [0.1, 0.15) is 0 Å². The van der Waals surface area contributed by atoms with Crippen molar-refractivity contribution in [1.29, 1.82) is 0 Å². The van der Waals surface area contributed by atoms with Gasteiger partial charge in [-0.25, -0.2) is 8.42 Å². The van der Waals surface area contributed by atoms with Crippen molar-refractivity contribution >= 4 is 20.8 Å². The molecule has 1 aliphatic carbocycles. The van der Waals surface area contributed by atoms with E-state index >= 15 is 0 Å². The smallest absolute Gasteiger partial charge is 0.232 e. The zero-order chi connectivity index (χ0) is 19.0. The van der Waals surface area contributed by atoms with Gasteiger partial charge in [-0.3, -0.25) is 4.21 Å². The number of nitrogens with zero attached hydrogens (tertiary/aromatic N) is 1. The maximum Gasteiger partial charge on any atom is 0.232 e. The molecule has 0 unspecified atom stereocenters. The van der Waals surface area contributed by atoms with Gasteiger partial charge in [0.15, 0.2) is 4.58 Å². The van der Waals surface area contributed by atoms with Crippen molar-refractivity contribution in [2.45, 2.75) is 60.6 Å². The molecule has 1 saturated carbocycles. The molecule has 2 fully saturated rings. The molecule has 0 bridgehead atoms. The molecule has 0 amide bonds. The van der Waals surface area contributed by atoms with Gasteiger partial charge >= 0.3 is 0 Å². The predicted octanol–water partition coefficient (Wildman–Crippen LogP) is 4.15. The summed E-state index contributed by atoms with van der Waals surface area (Å²) >= 11 is 0. The maximum atomic E-state index is 13.3. The van der Waals surface area contributed by atoms with E-state index in [-0.39, 0.29) is 12.1 Å². The zero-order valence-electron chi connectivity index (χ0n) is 15.5. The molecule has 6 heteroatoms. The average Bonchev–Trinajstić information content (AvgIpc) is 2.68. The van der Waals surface area contributed by atoms with Crippen molar-refractivity contribution in [2.75, 3.05) is 0 Å². The summed E-state index contributed by atoms with van der Waals surface area (Å²) in [6.07, 6.45) is 5.07. The molecule has 0 spiro atoms. The van der Waals surface area contributed by atoms with E-state index in [0.29, 0.717) is 4.90 Å². The standard InChI is InChI=1S/C21H25NO3S2/c1-16-10-8-9-15-19(16)20-21(26(23)18-13-6-3-7-14-18)27(24,25)22(20)17-11-4-2-5-12-17/h3,6-10,13-15,17,20-21H,2,4-5,11-12H2,1H3/t20-,21+,26+/m1/s1. The van der Waals surface area contributed by atoms with E-state index in [4.69, 9.17) is 0 Å². The van der Waals surface area contributed by atoms with Gasteiger partial charge < -0.3 is 0 Å². The van der Waals surface area contributed by atoms with E-state index < -0.39 is 25.4 Å². The molecule has 144 valence electrons. The van der Waals surface area contributed by atoms with Crippen LogP contribution in [0.3, 0.4) is 0 Å². The molecule has 0 N–H and O–H groups in total. The van der Waals surface area contributed by atoms with E-state index in [1.165, 1.54) is 6.42 Å². The normalized spacial score (nSPS) is 27.0. The molecule has 0 aromatic heterocycles. The highest BCUT2D eigenvalue weighted by atomic mass is 32.3. The molecule has 3 atom stereocenters. The number of hydrogen-bond acceptors (Lipinski definition) is 3. The Balaban J connectivity index is 1.77. The van der Waals surface area contributed by atoms with E-state index in [1.54, 1.807) is 28.6 Å². The van der Waals surface area contributed by atoms with Crippen LogP contribution in [-0.2, 0) is 20.8 Å². The number of rotatable bonds is 4. The van der Waals surface area contributed by atoms with Crippen LogP contribution < -0.4 is 0 Å². The Morgan fingerprint density at radius 3 is 2.22 bits per heavy atom. The topological polar surface area (TPSA) is 54.5 Å². The Labute approximate surface area is 164 Å². The van der Waals surface area contributed by atoms with E-state index in [9.17, 15) is 12.6 Å². The summed E-state index contributed by atoms with van der Waals surface area (Å²) in [5.74, 6) is 0. The van der Waals surface area contributed by atoms with Crippen LogP contribution in [0.4, 0.5) is 0 Å². The van der Waals surface area contributed by atoms with Crippen molar-refractivity contribution in [3.63, 3.8) is 0 Å². The van der Waals surface area contributed by atoms with Gasteiger partial charge in [-0.05, 0) is 43.0 Å². The molecule has 1 heterocycles. The SMILES string of the molecule is Cc1ccccc1[C@@H]1[C@@H]([S@@](=O)c2ccccc2)S(=O)(=O)N1C1CCCCC1. The van der Waals surface area contributed by atoms with Gasteiger partial charge in [0.2, 0.25) is 10.0 Å². The Bertz CT molecular complexity index is 937. The summed E-state index contributed by atoms with van der Waals surface area (Å²) < 4.78 is 40.6. The van der Waals surface area contributed by atoms with Gasteiger partial charge in [0.25, 0.3) is 0 Å². The van der Waals surface area contributed by atoms with Gasteiger partial charge in [0.05, 0.1) is 16.8 Å². The number of sulfonamides is 1. The Morgan fingerprint density at radius 1 is 0.926 bits per heavy atom. The van der Waals surface area contributed by atoms with Crippen molar-refractivity contribution < 1.29 is 12.6 Å². The quantitative estimate of drug-likeness (QED) is 0.771. The van der Waals surface area contributed by atoms with Crippen LogP contribution in [0.1, 0.15) is 49.3 Å². The van der Waals surface area contributed by atoms with E-state index in [2.05, 4.69) is 0 Å². The second-order valence-electron chi connectivity index (χ2n) is 7.45. The van der Waals surface area contributed by atoms with Crippen LogP contribution in [0.2, 0.25) is 0 Å². The van der Waals surface area contributed by atoms with Gasteiger partial charge in [-0.15, -0.1) is 0 Å². The Kier molecular flexibility index (Phi) is 5.23. The first-order valence-electron chi connectivity index (χ1n) is 9.55. The monoisotopic (exact) mass is 403 g/mol. The first-order chi connectivity index (χ1) is 13.0. The molecule has 1 saturated heterocycles. The highest BCUT2D eigenvalue weighted by molar-refractivity contribution is 8.06. The highest BCUT2D eigenvalue weighted by Gasteiger charge is 2.60. The van der Waals surface area contributed by atoms with Crippen LogP contribution in [-0.4, -0.2) is 27.6 Å². The minimum Gasteiger partial charge on any atom is -0.253 e. The molecule has 2 aromatic carbocycles. The fraction of sp³-hybridized carbons (Fsp3) is 0.429. The summed E-state index contributed by atoms with van der Waals surface area (Å²) in [6, 6.07) is 16.5. The third-order valence-electron chi connectivity index (χ3n) is 5.75. The molecule has 4 nitrogen and oxygen atoms in total. The highest BCUT2D eigenvalue weighted by Crippen LogP contribution is 2.49. The molecular weight excluding hydrogens is 378 g/mol. The minimum atomic E-state index is -3.59. The fourth-order valence-corrected chi connectivity index (χ4v) is 9.01. The third-order valence-corrected chi connectivity index (χ3v) is 10.4. The van der Waals surface area contributed by atoms with Crippen molar-refractivity contribution in [2.24, 2.45) is 0 Å². The summed E-state index contributed by atoms with van der Waals surface area (Å²) in [6.45, 7) is 2.00. The largest absolute Gasteiger partial charge is 0.253 e. The first-order valence-corrected chi connectivity index (χ1v) is 12.3. The molecular formula is C21H25NO3S2. The van der Waals surface area contributed by atoms with E-state index in [1.807, 2.05) is 37.3 Å². The summed E-state index contributed by atoms with van der Waals surface area (Å²) in [7, 11) is -5.20. The first kappa shape index (κ1) is 18.8. The molecule has 0 radical (unpaired) electrons. The maximum absolute atomic E-state index is 13.3. The summed E-state index contributed by atoms with van der Waals surface area (Å²) in [5, 5.41) is 0. The Morgan fingerprint density at radius 2 is 1.56 bits per heavy atom. The van der Waals surface area contributed by atoms with E-state index in [0.717, 1.165) is 36.8 Å².